The van der Waals surface area contributed by atoms with E-state index in [4.69, 9.17) is 5.73 Å². The van der Waals surface area contributed by atoms with Gasteiger partial charge in [-0.05, 0) is 39.2 Å². The maximum absolute atomic E-state index is 5.73. The topological polar surface area (TPSA) is 42.2 Å². The maximum Gasteiger partial charge on any atom is 0.185 e. The van der Waals surface area contributed by atoms with E-state index in [1.165, 1.54) is 28.5 Å². The molecule has 1 aromatic rings. The van der Waals surface area contributed by atoms with Crippen molar-refractivity contribution in [2.24, 2.45) is 11.7 Å². The van der Waals surface area contributed by atoms with Crippen LogP contribution in [-0.2, 0) is 0 Å². The lowest BCUT2D eigenvalue weighted by Gasteiger charge is -2.31. The summed E-state index contributed by atoms with van der Waals surface area (Å²) >= 11 is 1.81. The van der Waals surface area contributed by atoms with Crippen LogP contribution in [0.4, 0.5) is 5.13 Å². The molecule has 84 valence electrons. The molecule has 4 heteroatoms. The smallest absolute Gasteiger partial charge is 0.185 e. The van der Waals surface area contributed by atoms with E-state index in [0.717, 1.165) is 19.6 Å². The highest BCUT2D eigenvalue weighted by molar-refractivity contribution is 7.15. The van der Waals surface area contributed by atoms with Gasteiger partial charge in [0.25, 0.3) is 0 Å². The largest absolute Gasteiger partial charge is 0.348 e. The normalized spacial score (nSPS) is 22.1. The number of rotatable bonds is 2. The molecule has 1 unspecified atom stereocenters. The van der Waals surface area contributed by atoms with Crippen molar-refractivity contribution in [3.8, 4) is 0 Å². The highest BCUT2D eigenvalue weighted by atomic mass is 32.1. The third-order valence-electron chi connectivity index (χ3n) is 3.14. The van der Waals surface area contributed by atoms with E-state index in [9.17, 15) is 0 Å². The Labute approximate surface area is 95.3 Å². The van der Waals surface area contributed by atoms with Gasteiger partial charge in [0, 0.05) is 18.0 Å². The lowest BCUT2D eigenvalue weighted by atomic mass is 9.99. The SMILES string of the molecule is Cc1nc(N2CCCC(CN)C2)sc1C. The molecule has 15 heavy (non-hydrogen) atoms. The molecule has 2 N–H and O–H groups in total. The highest BCUT2D eigenvalue weighted by Gasteiger charge is 2.21. The van der Waals surface area contributed by atoms with Crippen LogP contribution >= 0.6 is 11.3 Å². The van der Waals surface area contributed by atoms with Gasteiger partial charge in [0.2, 0.25) is 0 Å². The molecule has 1 atom stereocenters. The van der Waals surface area contributed by atoms with Crippen molar-refractivity contribution in [2.75, 3.05) is 24.5 Å². The zero-order valence-corrected chi connectivity index (χ0v) is 10.3. The van der Waals surface area contributed by atoms with Crippen molar-refractivity contribution in [3.05, 3.63) is 10.6 Å². The molecule has 1 fully saturated rings. The van der Waals surface area contributed by atoms with Crippen LogP contribution in [0, 0.1) is 19.8 Å². The standard InChI is InChI=1S/C11H19N3S/c1-8-9(2)15-11(13-8)14-5-3-4-10(6-12)7-14/h10H,3-7,12H2,1-2H3. The molecule has 2 heterocycles. The van der Waals surface area contributed by atoms with Gasteiger partial charge in [0.15, 0.2) is 5.13 Å². The van der Waals surface area contributed by atoms with E-state index in [-0.39, 0.29) is 0 Å². The molecule has 0 radical (unpaired) electrons. The van der Waals surface area contributed by atoms with Gasteiger partial charge in [-0.25, -0.2) is 4.98 Å². The van der Waals surface area contributed by atoms with E-state index >= 15 is 0 Å². The molecular formula is C11H19N3S. The summed E-state index contributed by atoms with van der Waals surface area (Å²) in [6.45, 7) is 7.26. The van der Waals surface area contributed by atoms with Crippen LogP contribution in [0.2, 0.25) is 0 Å². The van der Waals surface area contributed by atoms with Gasteiger partial charge in [-0.3, -0.25) is 0 Å². The van der Waals surface area contributed by atoms with Gasteiger partial charge in [0.1, 0.15) is 0 Å². The Balaban J connectivity index is 2.09. The summed E-state index contributed by atoms with van der Waals surface area (Å²) in [6, 6.07) is 0. The molecule has 0 aliphatic carbocycles. The first-order chi connectivity index (χ1) is 7.20. The van der Waals surface area contributed by atoms with Gasteiger partial charge in [-0.1, -0.05) is 0 Å². The fourth-order valence-corrected chi connectivity index (χ4v) is 2.97. The molecule has 0 saturated carbocycles. The summed E-state index contributed by atoms with van der Waals surface area (Å²) in [4.78, 5) is 8.33. The van der Waals surface area contributed by atoms with Crippen LogP contribution in [0.1, 0.15) is 23.4 Å². The third-order valence-corrected chi connectivity index (χ3v) is 4.27. The number of aryl methyl sites for hydroxylation is 2. The highest BCUT2D eigenvalue weighted by Crippen LogP contribution is 2.28. The van der Waals surface area contributed by atoms with Crippen LogP contribution < -0.4 is 10.6 Å². The van der Waals surface area contributed by atoms with Gasteiger partial charge in [-0.2, -0.15) is 0 Å². The Kier molecular flexibility index (Phi) is 3.26. The first kappa shape index (κ1) is 10.9. The van der Waals surface area contributed by atoms with Crippen molar-refractivity contribution in [1.82, 2.24) is 4.98 Å². The maximum atomic E-state index is 5.73. The van der Waals surface area contributed by atoms with Crippen LogP contribution in [0.3, 0.4) is 0 Å². The molecule has 0 aromatic carbocycles. The van der Waals surface area contributed by atoms with Crippen molar-refractivity contribution in [3.63, 3.8) is 0 Å². The van der Waals surface area contributed by atoms with E-state index in [0.29, 0.717) is 5.92 Å². The lowest BCUT2D eigenvalue weighted by molar-refractivity contribution is 0.423. The van der Waals surface area contributed by atoms with E-state index in [1.807, 2.05) is 11.3 Å². The van der Waals surface area contributed by atoms with Gasteiger partial charge in [-0.15, -0.1) is 11.3 Å². The predicted molar refractivity (Wildman–Crippen MR) is 65.6 cm³/mol. The quantitative estimate of drug-likeness (QED) is 0.836. The van der Waals surface area contributed by atoms with E-state index < -0.39 is 0 Å². The van der Waals surface area contributed by atoms with E-state index in [2.05, 4.69) is 23.7 Å². The van der Waals surface area contributed by atoms with Crippen LogP contribution in [0.15, 0.2) is 0 Å². The molecule has 3 nitrogen and oxygen atoms in total. The molecule has 0 bridgehead atoms. The number of nitrogens with zero attached hydrogens (tertiary/aromatic N) is 2. The molecule has 0 spiro atoms. The summed E-state index contributed by atoms with van der Waals surface area (Å²) in [5.41, 5.74) is 6.91. The summed E-state index contributed by atoms with van der Waals surface area (Å²) in [5, 5.41) is 1.18. The number of aromatic nitrogens is 1. The molecule has 0 amide bonds. The summed E-state index contributed by atoms with van der Waals surface area (Å²) < 4.78 is 0. The number of anilines is 1. The predicted octanol–water partition coefficient (Wildman–Crippen LogP) is 1.94. The summed E-state index contributed by atoms with van der Waals surface area (Å²) in [5.74, 6) is 0.656. The van der Waals surface area contributed by atoms with Crippen LogP contribution in [0.25, 0.3) is 0 Å². The number of nitrogens with two attached hydrogens (primary N) is 1. The fraction of sp³-hybridized carbons (Fsp3) is 0.727. The van der Waals surface area contributed by atoms with Gasteiger partial charge in [0.05, 0.1) is 5.69 Å². The third kappa shape index (κ3) is 2.32. The first-order valence-electron chi connectivity index (χ1n) is 5.59. The average molecular weight is 225 g/mol. The van der Waals surface area contributed by atoms with E-state index in [1.54, 1.807) is 0 Å². The van der Waals surface area contributed by atoms with Crippen LogP contribution in [-0.4, -0.2) is 24.6 Å². The number of piperidine rings is 1. The second kappa shape index (κ2) is 4.49. The lowest BCUT2D eigenvalue weighted by Crippen LogP contribution is -2.38. The van der Waals surface area contributed by atoms with Crippen LogP contribution in [0.5, 0.6) is 0 Å². The Morgan fingerprint density at radius 3 is 2.93 bits per heavy atom. The molecule has 1 aliphatic heterocycles. The number of thiazole rings is 1. The fourth-order valence-electron chi connectivity index (χ4n) is 2.02. The minimum absolute atomic E-state index is 0.656. The minimum atomic E-state index is 0.656. The first-order valence-corrected chi connectivity index (χ1v) is 6.41. The second-order valence-electron chi connectivity index (χ2n) is 4.33. The number of hydrogen-bond acceptors (Lipinski definition) is 4. The van der Waals surface area contributed by atoms with Gasteiger partial charge < -0.3 is 10.6 Å². The molecule has 1 aromatic heterocycles. The Morgan fingerprint density at radius 1 is 1.53 bits per heavy atom. The zero-order valence-electron chi connectivity index (χ0n) is 9.49. The van der Waals surface area contributed by atoms with Crippen molar-refractivity contribution in [1.29, 1.82) is 0 Å². The zero-order chi connectivity index (χ0) is 10.8. The van der Waals surface area contributed by atoms with Gasteiger partial charge >= 0.3 is 0 Å². The van der Waals surface area contributed by atoms with Crippen molar-refractivity contribution < 1.29 is 0 Å². The molecule has 1 aliphatic rings. The van der Waals surface area contributed by atoms with Crippen molar-refractivity contribution in [2.45, 2.75) is 26.7 Å². The minimum Gasteiger partial charge on any atom is -0.348 e. The molecule has 2 rings (SSSR count). The Hall–Kier alpha value is -0.610. The van der Waals surface area contributed by atoms with Crippen molar-refractivity contribution >= 4 is 16.5 Å². The summed E-state index contributed by atoms with van der Waals surface area (Å²) in [6.07, 6.45) is 2.52. The average Bonchev–Trinajstić information content (AvgIpc) is 2.59. The molecular weight excluding hydrogens is 206 g/mol. The summed E-state index contributed by atoms with van der Waals surface area (Å²) in [7, 11) is 0. The second-order valence-corrected chi connectivity index (χ2v) is 5.51. The Bertz CT molecular complexity index is 315. The Morgan fingerprint density at radius 2 is 2.33 bits per heavy atom. The monoisotopic (exact) mass is 225 g/mol. The number of hydrogen-bond donors (Lipinski definition) is 1. The molecule has 1 saturated heterocycles.